The van der Waals surface area contributed by atoms with Gasteiger partial charge in [-0.1, -0.05) is 65.5 Å². The van der Waals surface area contributed by atoms with E-state index < -0.39 is 0 Å². The van der Waals surface area contributed by atoms with Crippen molar-refractivity contribution in [3.8, 4) is 0 Å². The SMILES string of the molecule is CC.CC(C)C1CN(Cc2cccc(SN3CCCCC3)c2)CCN1c1ccc2c(NC(=O)CCNC=O)nn(C)c2c1.Nc1ncc2c(n1)NC(=O)C21CC1.OC1CCCCC1. The molecule has 6 N–H and O–H groups in total. The van der Waals surface area contributed by atoms with Gasteiger partial charge in [0.1, 0.15) is 5.82 Å². The third kappa shape index (κ3) is 12.5. The molecule has 1 atom stereocenters. The lowest BCUT2D eigenvalue weighted by Crippen LogP contribution is -2.55. The van der Waals surface area contributed by atoms with Crippen molar-refractivity contribution in [2.24, 2.45) is 13.0 Å². The first-order valence-electron chi connectivity index (χ1n) is 23.1. The van der Waals surface area contributed by atoms with Crippen LogP contribution in [-0.2, 0) is 33.4 Å². The number of anilines is 4. The summed E-state index contributed by atoms with van der Waals surface area (Å²) >= 11 is 1.92. The van der Waals surface area contributed by atoms with Crippen molar-refractivity contribution in [1.82, 2.24) is 34.3 Å². The van der Waals surface area contributed by atoms with Crippen molar-refractivity contribution in [3.63, 3.8) is 0 Å². The van der Waals surface area contributed by atoms with E-state index >= 15 is 0 Å². The molecule has 2 aromatic heterocycles. The van der Waals surface area contributed by atoms with Crippen LogP contribution in [0, 0.1) is 5.92 Å². The number of fused-ring (bicyclic) bond motifs is 3. The number of piperidine rings is 1. The molecule has 9 rings (SSSR count). The largest absolute Gasteiger partial charge is 0.393 e. The van der Waals surface area contributed by atoms with Crippen molar-refractivity contribution >= 4 is 64.3 Å². The number of carbonyl (C=O) groups excluding carboxylic acids is 3. The number of aliphatic hydroxyl groups is 1. The number of nitrogens with zero attached hydrogens (tertiary/aromatic N) is 7. The zero-order valence-electron chi connectivity index (χ0n) is 37.9. The van der Waals surface area contributed by atoms with Crippen LogP contribution < -0.4 is 26.6 Å². The number of rotatable bonds is 11. The number of aliphatic hydroxyl groups excluding tert-OH is 1. The van der Waals surface area contributed by atoms with Gasteiger partial charge in [-0.3, -0.25) is 24.0 Å². The highest BCUT2D eigenvalue weighted by molar-refractivity contribution is 7.97. The number of aryl methyl sites for hydroxylation is 1. The number of benzene rings is 2. The predicted octanol–water partition coefficient (Wildman–Crippen LogP) is 6.87. The summed E-state index contributed by atoms with van der Waals surface area (Å²) in [4.78, 5) is 48.6. The molecule has 5 heterocycles. The van der Waals surface area contributed by atoms with Gasteiger partial charge in [0.05, 0.1) is 17.0 Å². The Kier molecular flexibility index (Phi) is 17.2. The van der Waals surface area contributed by atoms with Crippen LogP contribution in [0.1, 0.15) is 109 Å². The fraction of sp³-hybridized carbons (Fsp3) is 0.574. The second-order valence-electron chi connectivity index (χ2n) is 17.3. The zero-order valence-corrected chi connectivity index (χ0v) is 38.8. The summed E-state index contributed by atoms with van der Waals surface area (Å²) in [6.07, 6.45) is 14.2. The summed E-state index contributed by atoms with van der Waals surface area (Å²) in [6.45, 7) is 15.3. The molecule has 1 unspecified atom stereocenters. The first kappa shape index (κ1) is 47.7. The van der Waals surface area contributed by atoms with Gasteiger partial charge in [0.25, 0.3) is 0 Å². The van der Waals surface area contributed by atoms with E-state index in [0.717, 1.165) is 68.3 Å². The van der Waals surface area contributed by atoms with E-state index in [9.17, 15) is 14.4 Å². The van der Waals surface area contributed by atoms with Gasteiger partial charge in [-0.25, -0.2) is 9.29 Å². The number of nitrogens with two attached hydrogens (primary N) is 1. The Balaban J connectivity index is 0.000000242. The van der Waals surface area contributed by atoms with Crippen molar-refractivity contribution in [2.45, 2.75) is 127 Å². The van der Waals surface area contributed by atoms with Crippen molar-refractivity contribution in [1.29, 1.82) is 0 Å². The van der Waals surface area contributed by atoms with Gasteiger partial charge in [0.15, 0.2) is 5.82 Å². The quantitative estimate of drug-likeness (QED) is 0.0599. The molecule has 2 saturated heterocycles. The Morgan fingerprint density at radius 1 is 1.03 bits per heavy atom. The number of amides is 3. The average Bonchev–Trinajstić information content (AvgIpc) is 3.98. The van der Waals surface area contributed by atoms with Gasteiger partial charge in [0.2, 0.25) is 24.2 Å². The van der Waals surface area contributed by atoms with Crippen LogP contribution in [-0.4, -0.2) is 104 Å². The van der Waals surface area contributed by atoms with Gasteiger partial charge in [-0.05, 0) is 92.3 Å². The molecule has 0 bridgehead atoms. The maximum Gasteiger partial charge on any atom is 0.236 e. The Labute approximate surface area is 377 Å². The van der Waals surface area contributed by atoms with Crippen LogP contribution in [0.5, 0.6) is 0 Å². The molecular weight excluding hydrogens is 815 g/mol. The number of piperazine rings is 1. The van der Waals surface area contributed by atoms with E-state index in [1.807, 2.05) is 37.5 Å². The second-order valence-corrected chi connectivity index (χ2v) is 18.5. The Hall–Kier alpha value is -4.77. The average molecular weight is 884 g/mol. The first-order valence-corrected chi connectivity index (χ1v) is 23.9. The van der Waals surface area contributed by atoms with Gasteiger partial charge in [0, 0.05) is 93.1 Å². The third-order valence-corrected chi connectivity index (χ3v) is 13.5. The lowest BCUT2D eigenvalue weighted by atomic mass is 9.98. The summed E-state index contributed by atoms with van der Waals surface area (Å²) in [5, 5.41) is 22.5. The molecule has 1 spiro atoms. The van der Waals surface area contributed by atoms with Crippen LogP contribution in [0.3, 0.4) is 0 Å². The molecule has 3 amide bonds. The smallest absolute Gasteiger partial charge is 0.236 e. The highest BCUT2D eigenvalue weighted by Crippen LogP contribution is 2.54. The minimum absolute atomic E-state index is 0.0359. The van der Waals surface area contributed by atoms with Gasteiger partial charge >= 0.3 is 0 Å². The minimum Gasteiger partial charge on any atom is -0.393 e. The Bertz CT molecular complexity index is 2130. The number of hydrogen-bond donors (Lipinski definition) is 5. The van der Waals surface area contributed by atoms with Crippen LogP contribution in [0.15, 0.2) is 53.6 Å². The summed E-state index contributed by atoms with van der Waals surface area (Å²) in [7, 11) is 1.91. The van der Waals surface area contributed by atoms with Crippen molar-refractivity contribution < 1.29 is 19.5 Å². The molecule has 2 aliphatic carbocycles. The van der Waals surface area contributed by atoms with Crippen LogP contribution in [0.25, 0.3) is 10.9 Å². The maximum atomic E-state index is 12.3. The van der Waals surface area contributed by atoms with E-state index in [0.29, 0.717) is 36.6 Å². The highest BCUT2D eigenvalue weighted by Gasteiger charge is 2.57. The lowest BCUT2D eigenvalue weighted by molar-refractivity contribution is -0.118. The van der Waals surface area contributed by atoms with Crippen LogP contribution in [0.4, 0.5) is 23.3 Å². The van der Waals surface area contributed by atoms with Crippen LogP contribution >= 0.6 is 11.9 Å². The summed E-state index contributed by atoms with van der Waals surface area (Å²) in [6, 6.07) is 15.9. The fourth-order valence-electron chi connectivity index (χ4n) is 8.82. The van der Waals surface area contributed by atoms with Crippen molar-refractivity contribution in [3.05, 3.63) is 59.8 Å². The Morgan fingerprint density at radius 3 is 2.46 bits per heavy atom. The standard InChI is InChI=1S/C31H43N7O2S.C8H8N4O.C6H12O.C2H6/c1-23(2)29-21-36(20-24-8-7-9-26(18-24)41-37-14-5-4-6-15-37)16-17-38(29)25-10-11-27-28(19-25)35(3)34-31(27)33-30(40)12-13-32-22-39;9-7-10-3-4-5(12-7)11-6(13)8(4)1-2-8;7-6-4-2-1-3-5-6;1-2/h7-11,18-19,22-23,29H,4-6,12-17,20-21H2,1-3H3,(H,32,39)(H,33,34,40);3H,1-2H2,(H3,9,10,11,12,13);6-7H,1-5H2;1-2H3. The molecule has 16 heteroatoms. The molecule has 2 aromatic carbocycles. The molecule has 342 valence electrons. The molecular formula is C47H69N11O4S. The molecule has 0 radical (unpaired) electrons. The predicted molar refractivity (Wildman–Crippen MR) is 253 cm³/mol. The van der Waals surface area contributed by atoms with Gasteiger partial charge in [-0.2, -0.15) is 10.1 Å². The minimum atomic E-state index is -0.303. The maximum absolute atomic E-state index is 12.3. The topological polar surface area (TPSA) is 187 Å². The number of aromatic nitrogens is 4. The molecule has 5 aliphatic rings. The van der Waals surface area contributed by atoms with Gasteiger partial charge in [-0.15, -0.1) is 0 Å². The van der Waals surface area contributed by atoms with E-state index in [1.165, 1.54) is 67.8 Å². The second kappa shape index (κ2) is 22.7. The fourth-order valence-corrected chi connectivity index (χ4v) is 9.90. The zero-order chi connectivity index (χ0) is 44.9. The summed E-state index contributed by atoms with van der Waals surface area (Å²) in [5.41, 5.74) is 9.57. The molecule has 63 heavy (non-hydrogen) atoms. The highest BCUT2D eigenvalue weighted by atomic mass is 32.2. The van der Waals surface area contributed by atoms with E-state index in [2.05, 4.69) is 101 Å². The molecule has 15 nitrogen and oxygen atoms in total. The molecule has 4 aromatic rings. The molecule has 2 saturated carbocycles. The van der Waals surface area contributed by atoms with E-state index in [1.54, 1.807) is 6.20 Å². The van der Waals surface area contributed by atoms with E-state index in [-0.39, 0.29) is 35.7 Å². The van der Waals surface area contributed by atoms with Crippen molar-refractivity contribution in [2.75, 3.05) is 60.5 Å². The number of hydrogen-bond acceptors (Lipinski definition) is 12. The summed E-state index contributed by atoms with van der Waals surface area (Å²) in [5.74, 6) is 1.72. The summed E-state index contributed by atoms with van der Waals surface area (Å²) < 4.78 is 4.34. The lowest BCUT2D eigenvalue weighted by Gasteiger charge is -2.45. The number of nitrogen functional groups attached to an aromatic ring is 1. The normalized spacial score (nSPS) is 19.4. The first-order chi connectivity index (χ1) is 30.5. The number of nitrogens with one attached hydrogen (secondary N) is 3. The van der Waals surface area contributed by atoms with E-state index in [4.69, 9.17) is 10.8 Å². The monoisotopic (exact) mass is 884 g/mol. The van der Waals surface area contributed by atoms with Crippen LogP contribution in [0.2, 0.25) is 0 Å². The molecule has 3 aliphatic heterocycles. The Morgan fingerprint density at radius 2 is 1.78 bits per heavy atom. The number of carbonyl (C=O) groups is 3. The molecule has 4 fully saturated rings. The third-order valence-electron chi connectivity index (χ3n) is 12.4. The van der Waals surface area contributed by atoms with Gasteiger partial charge < -0.3 is 31.7 Å².